The predicted molar refractivity (Wildman–Crippen MR) is 69.1 cm³/mol. The minimum atomic E-state index is -4.79. The van der Waals surface area contributed by atoms with Crippen LogP contribution in [0.5, 0.6) is 5.75 Å². The van der Waals surface area contributed by atoms with Crippen molar-refractivity contribution in [2.24, 2.45) is 0 Å². The van der Waals surface area contributed by atoms with E-state index < -0.39 is 42.0 Å². The summed E-state index contributed by atoms with van der Waals surface area (Å²) in [6.07, 6.45) is -5.42. The van der Waals surface area contributed by atoms with E-state index in [1.807, 2.05) is 5.32 Å². The largest absolute Gasteiger partial charge is 0.548 e. The first-order valence-corrected chi connectivity index (χ1v) is 6.37. The molecule has 0 unspecified atom stereocenters. The Morgan fingerprint density at radius 1 is 1.26 bits per heavy atom. The van der Waals surface area contributed by atoms with E-state index in [9.17, 15) is 32.7 Å². The summed E-state index contributed by atoms with van der Waals surface area (Å²) in [7, 11) is 0. The van der Waals surface area contributed by atoms with Crippen molar-refractivity contribution in [3.63, 3.8) is 0 Å². The van der Waals surface area contributed by atoms with Crippen LogP contribution in [0, 0.1) is 0 Å². The molecule has 1 rings (SSSR count). The first kappa shape index (κ1) is 18.5. The molecule has 0 bridgehead atoms. The molecule has 0 radical (unpaired) electrons. The summed E-state index contributed by atoms with van der Waals surface area (Å²) in [4.78, 5) is 32.7. The molecule has 1 aromatic rings. The molecule has 0 saturated heterocycles. The van der Waals surface area contributed by atoms with Crippen molar-refractivity contribution in [2.75, 3.05) is 0 Å². The fourth-order valence-corrected chi connectivity index (χ4v) is 1.89. The number of alkyl halides is 3. The Bertz CT molecular complexity index is 627. The van der Waals surface area contributed by atoms with Gasteiger partial charge in [-0.1, -0.05) is 6.07 Å². The van der Waals surface area contributed by atoms with Gasteiger partial charge in [-0.25, -0.2) is 0 Å². The lowest BCUT2D eigenvalue weighted by Crippen LogP contribution is -2.48. The molecular weight excluding hydrogens is 319 g/mol. The van der Waals surface area contributed by atoms with Crippen molar-refractivity contribution in [2.45, 2.75) is 32.5 Å². The van der Waals surface area contributed by atoms with E-state index in [2.05, 4.69) is 4.74 Å². The Balaban J connectivity index is 3.20. The van der Waals surface area contributed by atoms with Crippen LogP contribution >= 0.6 is 0 Å². The van der Waals surface area contributed by atoms with E-state index >= 15 is 0 Å². The van der Waals surface area contributed by atoms with Gasteiger partial charge in [0.1, 0.15) is 5.75 Å². The summed E-state index contributed by atoms with van der Waals surface area (Å²) in [5, 5.41) is 12.9. The van der Waals surface area contributed by atoms with E-state index in [1.165, 1.54) is 0 Å². The van der Waals surface area contributed by atoms with E-state index in [4.69, 9.17) is 0 Å². The molecule has 0 saturated carbocycles. The number of nitrogens with one attached hydrogen (secondary N) is 1. The van der Waals surface area contributed by atoms with Gasteiger partial charge in [-0.3, -0.25) is 9.59 Å². The molecule has 1 atom stereocenters. The zero-order valence-electron chi connectivity index (χ0n) is 12.2. The molecule has 23 heavy (non-hydrogen) atoms. The number of aliphatic carboxylic acids is 1. The van der Waals surface area contributed by atoms with Crippen LogP contribution in [0.15, 0.2) is 18.2 Å². The van der Waals surface area contributed by atoms with Gasteiger partial charge in [0.2, 0.25) is 5.91 Å². The van der Waals surface area contributed by atoms with Gasteiger partial charge in [0.25, 0.3) is 0 Å². The fourth-order valence-electron chi connectivity index (χ4n) is 1.89. The van der Waals surface area contributed by atoms with Crippen LogP contribution in [0.4, 0.5) is 13.2 Å². The van der Waals surface area contributed by atoms with Gasteiger partial charge < -0.3 is 20.0 Å². The summed E-state index contributed by atoms with van der Waals surface area (Å²) < 4.78 is 43.9. The number of halogens is 3. The molecule has 6 nitrogen and oxygen atoms in total. The number of rotatable bonds is 5. The van der Waals surface area contributed by atoms with Crippen LogP contribution in [0.3, 0.4) is 0 Å². The third kappa shape index (κ3) is 5.61. The van der Waals surface area contributed by atoms with E-state index in [-0.39, 0.29) is 11.3 Å². The highest BCUT2D eigenvalue weighted by atomic mass is 19.4. The molecule has 1 amide bonds. The SMILES string of the molecule is CC(=O)N[C@@H](Cc1ccc(OC(C)=O)cc1C(F)(F)F)C(=O)[O-]. The fraction of sp³-hybridized carbons (Fsp3) is 0.357. The van der Waals surface area contributed by atoms with E-state index in [0.717, 1.165) is 26.0 Å². The number of carbonyl (C=O) groups excluding carboxylic acids is 3. The summed E-state index contributed by atoms with van der Waals surface area (Å²) >= 11 is 0. The molecule has 0 aliphatic rings. The Hall–Kier alpha value is -2.58. The number of ether oxygens (including phenoxy) is 1. The standard InChI is InChI=1S/C14H14F3NO5/c1-7(19)18-12(13(21)22)5-9-3-4-10(23-8(2)20)6-11(9)14(15,16)17/h3-4,6,12H,5H2,1-2H3,(H,18,19)(H,21,22)/p-1/t12-/m0/s1. The second-order valence-corrected chi connectivity index (χ2v) is 4.69. The molecule has 0 aliphatic heterocycles. The van der Waals surface area contributed by atoms with Gasteiger partial charge in [-0.05, 0) is 24.1 Å². The third-order valence-electron chi connectivity index (χ3n) is 2.73. The summed E-state index contributed by atoms with van der Waals surface area (Å²) in [5.41, 5.74) is -1.54. The number of amides is 1. The lowest BCUT2D eigenvalue weighted by atomic mass is 9.99. The molecule has 0 spiro atoms. The molecule has 0 fully saturated rings. The van der Waals surface area contributed by atoms with Crippen LogP contribution in [0.25, 0.3) is 0 Å². The third-order valence-corrected chi connectivity index (χ3v) is 2.73. The minimum absolute atomic E-state index is 0.321. The topological polar surface area (TPSA) is 95.5 Å². The maximum Gasteiger partial charge on any atom is 0.416 e. The molecular formula is C14H13F3NO5-. The number of hydrogen-bond acceptors (Lipinski definition) is 5. The predicted octanol–water partition coefficient (Wildman–Crippen LogP) is 0.428. The van der Waals surface area contributed by atoms with Crippen molar-refractivity contribution in [1.29, 1.82) is 0 Å². The lowest BCUT2D eigenvalue weighted by Gasteiger charge is -2.21. The van der Waals surface area contributed by atoms with Crippen molar-refractivity contribution < 1.29 is 37.4 Å². The Morgan fingerprint density at radius 3 is 2.30 bits per heavy atom. The first-order chi connectivity index (χ1) is 10.5. The van der Waals surface area contributed by atoms with Crippen molar-refractivity contribution in [1.82, 2.24) is 5.32 Å². The lowest BCUT2D eigenvalue weighted by molar-refractivity contribution is -0.308. The van der Waals surface area contributed by atoms with Crippen molar-refractivity contribution in [3.05, 3.63) is 29.3 Å². The average molecular weight is 332 g/mol. The molecule has 1 aromatic carbocycles. The molecule has 0 aliphatic carbocycles. The van der Waals surface area contributed by atoms with Crippen LogP contribution < -0.4 is 15.2 Å². The first-order valence-electron chi connectivity index (χ1n) is 6.37. The maximum atomic E-state index is 13.1. The number of benzene rings is 1. The van der Waals surface area contributed by atoms with Gasteiger partial charge in [0, 0.05) is 13.8 Å². The second-order valence-electron chi connectivity index (χ2n) is 4.69. The Labute approximate surface area is 129 Å². The van der Waals surface area contributed by atoms with Crippen LogP contribution in [-0.2, 0) is 27.0 Å². The zero-order valence-corrected chi connectivity index (χ0v) is 12.2. The number of hydrogen-bond donors (Lipinski definition) is 1. The molecule has 126 valence electrons. The van der Waals surface area contributed by atoms with Gasteiger partial charge in [0.15, 0.2) is 0 Å². The van der Waals surface area contributed by atoms with E-state index in [0.29, 0.717) is 6.07 Å². The number of carboxylic acid groups (broad SMARTS) is 1. The highest BCUT2D eigenvalue weighted by Crippen LogP contribution is 2.35. The molecule has 1 N–H and O–H groups in total. The maximum absolute atomic E-state index is 13.1. The van der Waals surface area contributed by atoms with Crippen LogP contribution in [0.2, 0.25) is 0 Å². The van der Waals surface area contributed by atoms with Crippen molar-refractivity contribution >= 4 is 17.8 Å². The summed E-state index contributed by atoms with van der Waals surface area (Å²) in [5.74, 6) is -3.54. The Morgan fingerprint density at radius 2 is 1.87 bits per heavy atom. The second kappa shape index (κ2) is 7.12. The normalized spacial score (nSPS) is 12.4. The Kier molecular flexibility index (Phi) is 5.72. The van der Waals surface area contributed by atoms with Gasteiger partial charge in [-0.15, -0.1) is 0 Å². The number of carboxylic acids is 1. The zero-order chi connectivity index (χ0) is 17.8. The number of carbonyl (C=O) groups is 3. The minimum Gasteiger partial charge on any atom is -0.548 e. The molecule has 0 aromatic heterocycles. The number of esters is 1. The molecule has 0 heterocycles. The quantitative estimate of drug-likeness (QED) is 0.623. The van der Waals surface area contributed by atoms with Crippen molar-refractivity contribution in [3.8, 4) is 5.75 Å². The van der Waals surface area contributed by atoms with Crippen LogP contribution in [-0.4, -0.2) is 23.9 Å². The van der Waals surface area contributed by atoms with Gasteiger partial charge in [0.05, 0.1) is 17.6 Å². The molecule has 9 heteroatoms. The van der Waals surface area contributed by atoms with Gasteiger partial charge >= 0.3 is 12.1 Å². The van der Waals surface area contributed by atoms with Crippen LogP contribution in [0.1, 0.15) is 25.0 Å². The summed E-state index contributed by atoms with van der Waals surface area (Å²) in [6.45, 7) is 2.06. The average Bonchev–Trinajstić information content (AvgIpc) is 2.37. The highest BCUT2D eigenvalue weighted by molar-refractivity contribution is 5.81. The smallest absolute Gasteiger partial charge is 0.416 e. The summed E-state index contributed by atoms with van der Waals surface area (Å²) in [6, 6.07) is 1.06. The monoisotopic (exact) mass is 332 g/mol. The van der Waals surface area contributed by atoms with Gasteiger partial charge in [-0.2, -0.15) is 13.2 Å². The highest BCUT2D eigenvalue weighted by Gasteiger charge is 2.34. The van der Waals surface area contributed by atoms with E-state index in [1.54, 1.807) is 0 Å².